The minimum absolute atomic E-state index is 0.121. The highest BCUT2D eigenvalue weighted by Crippen LogP contribution is 2.35. The molecule has 0 unspecified atom stereocenters. The van der Waals surface area contributed by atoms with E-state index in [0.29, 0.717) is 22.8 Å². The Balaban J connectivity index is 1.98. The number of phenols is 1. The molecule has 4 nitrogen and oxygen atoms in total. The van der Waals surface area contributed by atoms with Crippen LogP contribution in [0, 0.1) is 0 Å². The van der Waals surface area contributed by atoms with Gasteiger partial charge in [-0.1, -0.05) is 0 Å². The summed E-state index contributed by atoms with van der Waals surface area (Å²) in [5, 5.41) is 22.2. The normalized spacial score (nSPS) is 23.2. The number of methoxy groups -OCH3 is 1. The third-order valence-electron chi connectivity index (χ3n) is 3.02. The van der Waals surface area contributed by atoms with Crippen LogP contribution in [-0.4, -0.2) is 29.5 Å². The number of phenolic OH excluding ortho intramolecular Hbond substituents is 1. The third kappa shape index (κ3) is 2.91. The number of halogens is 1. The topological polar surface area (TPSA) is 61.7 Å². The molecule has 1 fully saturated rings. The number of aliphatic hydroxyl groups excluding tert-OH is 1. The van der Waals surface area contributed by atoms with Crippen molar-refractivity contribution in [2.45, 2.75) is 31.5 Å². The lowest BCUT2D eigenvalue weighted by Crippen LogP contribution is -2.43. The van der Waals surface area contributed by atoms with E-state index in [9.17, 15) is 10.2 Å². The molecule has 0 saturated heterocycles. The lowest BCUT2D eigenvalue weighted by Gasteiger charge is -2.32. The molecule has 1 aromatic carbocycles. The van der Waals surface area contributed by atoms with E-state index in [1.165, 1.54) is 7.11 Å². The van der Waals surface area contributed by atoms with E-state index in [0.717, 1.165) is 18.4 Å². The van der Waals surface area contributed by atoms with Gasteiger partial charge in [-0.05, 0) is 46.5 Å². The predicted octanol–water partition coefficient (Wildman–Crippen LogP) is 1.78. The summed E-state index contributed by atoms with van der Waals surface area (Å²) in [6.45, 7) is 0.701. The summed E-state index contributed by atoms with van der Waals surface area (Å²) in [6.07, 6.45) is 1.49. The number of hydrogen-bond donors (Lipinski definition) is 3. The average molecular weight is 302 g/mol. The average Bonchev–Trinajstić information content (AvgIpc) is 2.27. The van der Waals surface area contributed by atoms with Crippen LogP contribution in [0.25, 0.3) is 0 Å². The second-order valence-corrected chi connectivity index (χ2v) is 5.19. The van der Waals surface area contributed by atoms with Gasteiger partial charge in [0.2, 0.25) is 0 Å². The van der Waals surface area contributed by atoms with Crippen LogP contribution >= 0.6 is 15.9 Å². The molecule has 1 saturated carbocycles. The predicted molar refractivity (Wildman–Crippen MR) is 68.2 cm³/mol. The Morgan fingerprint density at radius 1 is 1.47 bits per heavy atom. The second-order valence-electron chi connectivity index (χ2n) is 4.33. The molecule has 0 heterocycles. The molecule has 1 aromatic rings. The van der Waals surface area contributed by atoms with Crippen LogP contribution in [-0.2, 0) is 6.54 Å². The Bertz CT molecular complexity index is 405. The second kappa shape index (κ2) is 5.25. The number of rotatable bonds is 4. The Hall–Kier alpha value is -0.780. The number of benzene rings is 1. The first-order valence-electron chi connectivity index (χ1n) is 5.57. The molecule has 1 aliphatic rings. The number of hydrogen-bond acceptors (Lipinski definition) is 4. The van der Waals surface area contributed by atoms with Crippen LogP contribution in [0.2, 0.25) is 0 Å². The van der Waals surface area contributed by atoms with Crippen LogP contribution < -0.4 is 10.1 Å². The number of aromatic hydroxyl groups is 1. The van der Waals surface area contributed by atoms with Crippen molar-refractivity contribution in [3.8, 4) is 11.5 Å². The summed E-state index contributed by atoms with van der Waals surface area (Å²) < 4.78 is 5.71. The van der Waals surface area contributed by atoms with E-state index in [1.54, 1.807) is 0 Å². The van der Waals surface area contributed by atoms with Gasteiger partial charge in [-0.15, -0.1) is 0 Å². The maximum Gasteiger partial charge on any atom is 0.172 e. The van der Waals surface area contributed by atoms with Gasteiger partial charge >= 0.3 is 0 Å². The molecular weight excluding hydrogens is 286 g/mol. The van der Waals surface area contributed by atoms with Crippen LogP contribution in [0.4, 0.5) is 0 Å². The summed E-state index contributed by atoms with van der Waals surface area (Å²) in [5.74, 6) is 0.583. The number of ether oxygens (including phenoxy) is 1. The van der Waals surface area contributed by atoms with Gasteiger partial charge in [-0.3, -0.25) is 0 Å². The van der Waals surface area contributed by atoms with E-state index < -0.39 is 0 Å². The van der Waals surface area contributed by atoms with Gasteiger partial charge in [0.15, 0.2) is 11.5 Å². The first kappa shape index (κ1) is 12.7. The van der Waals surface area contributed by atoms with Gasteiger partial charge in [0.1, 0.15) is 0 Å². The highest BCUT2D eigenvalue weighted by molar-refractivity contribution is 9.10. The van der Waals surface area contributed by atoms with Crippen LogP contribution in [0.5, 0.6) is 11.5 Å². The van der Waals surface area contributed by atoms with E-state index in [4.69, 9.17) is 4.74 Å². The number of aliphatic hydroxyl groups is 1. The lowest BCUT2D eigenvalue weighted by atomic mass is 9.89. The quantitative estimate of drug-likeness (QED) is 0.793. The minimum atomic E-state index is -0.145. The summed E-state index contributed by atoms with van der Waals surface area (Å²) in [6, 6.07) is 4.06. The Labute approximate surface area is 109 Å². The van der Waals surface area contributed by atoms with Crippen molar-refractivity contribution in [2.75, 3.05) is 7.11 Å². The number of nitrogens with one attached hydrogen (secondary N) is 1. The molecule has 0 atom stereocenters. The van der Waals surface area contributed by atoms with Crippen molar-refractivity contribution in [2.24, 2.45) is 0 Å². The zero-order valence-corrected chi connectivity index (χ0v) is 11.2. The first-order valence-corrected chi connectivity index (χ1v) is 6.36. The third-order valence-corrected chi connectivity index (χ3v) is 3.62. The molecule has 2 rings (SSSR count). The molecule has 1 aliphatic carbocycles. The van der Waals surface area contributed by atoms with E-state index in [1.807, 2.05) is 12.1 Å². The maximum absolute atomic E-state index is 9.67. The summed E-state index contributed by atoms with van der Waals surface area (Å²) in [4.78, 5) is 0. The van der Waals surface area contributed by atoms with Gasteiger partial charge in [0.05, 0.1) is 17.7 Å². The molecular formula is C12H16BrNO3. The van der Waals surface area contributed by atoms with Crippen molar-refractivity contribution in [3.05, 3.63) is 22.2 Å². The Kier molecular flexibility index (Phi) is 3.91. The van der Waals surface area contributed by atoms with E-state index >= 15 is 0 Å². The molecule has 0 bridgehead atoms. The molecule has 0 aliphatic heterocycles. The summed E-state index contributed by atoms with van der Waals surface area (Å²) in [5.41, 5.74) is 1.04. The first-order chi connectivity index (χ1) is 8.10. The Morgan fingerprint density at radius 2 is 2.18 bits per heavy atom. The van der Waals surface area contributed by atoms with Crippen molar-refractivity contribution < 1.29 is 14.9 Å². The summed E-state index contributed by atoms with van der Waals surface area (Å²) >= 11 is 3.29. The SMILES string of the molecule is COc1cc(CNC2CC(O)C2)cc(Br)c1O. The zero-order chi connectivity index (χ0) is 12.4. The zero-order valence-electron chi connectivity index (χ0n) is 9.61. The smallest absolute Gasteiger partial charge is 0.172 e. The lowest BCUT2D eigenvalue weighted by molar-refractivity contribution is 0.0619. The molecule has 5 heteroatoms. The molecule has 94 valence electrons. The van der Waals surface area contributed by atoms with E-state index in [2.05, 4.69) is 21.2 Å². The van der Waals surface area contributed by atoms with Gasteiger partial charge in [-0.2, -0.15) is 0 Å². The molecule has 0 radical (unpaired) electrons. The fourth-order valence-electron chi connectivity index (χ4n) is 1.90. The van der Waals surface area contributed by atoms with Gasteiger partial charge in [0, 0.05) is 12.6 Å². The van der Waals surface area contributed by atoms with Gasteiger partial charge in [-0.25, -0.2) is 0 Å². The fraction of sp³-hybridized carbons (Fsp3) is 0.500. The van der Waals surface area contributed by atoms with Crippen LogP contribution in [0.3, 0.4) is 0 Å². The molecule has 3 N–H and O–H groups in total. The van der Waals surface area contributed by atoms with E-state index in [-0.39, 0.29) is 11.9 Å². The van der Waals surface area contributed by atoms with Crippen molar-refractivity contribution in [1.29, 1.82) is 0 Å². The highest BCUT2D eigenvalue weighted by Gasteiger charge is 2.26. The monoisotopic (exact) mass is 301 g/mol. The molecule has 17 heavy (non-hydrogen) atoms. The Morgan fingerprint density at radius 3 is 2.76 bits per heavy atom. The largest absolute Gasteiger partial charge is 0.503 e. The fourth-order valence-corrected chi connectivity index (χ4v) is 2.39. The molecule has 0 aromatic heterocycles. The molecule has 0 spiro atoms. The van der Waals surface area contributed by atoms with Gasteiger partial charge in [0.25, 0.3) is 0 Å². The van der Waals surface area contributed by atoms with Gasteiger partial charge < -0.3 is 20.3 Å². The standard InChI is InChI=1S/C12H16BrNO3/c1-17-11-3-7(2-10(13)12(11)16)6-14-8-4-9(15)5-8/h2-3,8-9,14-16H,4-6H2,1H3. The van der Waals surface area contributed by atoms with Crippen LogP contribution in [0.1, 0.15) is 18.4 Å². The van der Waals surface area contributed by atoms with Crippen molar-refractivity contribution in [1.82, 2.24) is 5.32 Å². The maximum atomic E-state index is 9.67. The molecule has 0 amide bonds. The van der Waals surface area contributed by atoms with Crippen LogP contribution in [0.15, 0.2) is 16.6 Å². The van der Waals surface area contributed by atoms with Crippen molar-refractivity contribution >= 4 is 15.9 Å². The minimum Gasteiger partial charge on any atom is -0.503 e. The summed E-state index contributed by atoms with van der Waals surface area (Å²) in [7, 11) is 1.53. The van der Waals surface area contributed by atoms with Crippen molar-refractivity contribution in [3.63, 3.8) is 0 Å². The highest BCUT2D eigenvalue weighted by atomic mass is 79.9.